The summed E-state index contributed by atoms with van der Waals surface area (Å²) in [7, 11) is 5.85. The van der Waals surface area contributed by atoms with Crippen LogP contribution in [0.5, 0.6) is 11.5 Å². The van der Waals surface area contributed by atoms with Gasteiger partial charge in [-0.2, -0.15) is 0 Å². The fourth-order valence-electron chi connectivity index (χ4n) is 2.26. The molecule has 0 unspecified atom stereocenters. The van der Waals surface area contributed by atoms with E-state index in [0.717, 1.165) is 35.7 Å². The van der Waals surface area contributed by atoms with Gasteiger partial charge in [0.05, 0.1) is 7.11 Å². The number of ether oxygens (including phenoxy) is 2. The lowest BCUT2D eigenvalue weighted by Crippen LogP contribution is -2.46. The number of likely N-dealkylation sites (N-methyl/N-ethyl adjacent to an activating group) is 1. The maximum absolute atomic E-state index is 5.94. The minimum absolute atomic E-state index is 0.103. The van der Waals surface area contributed by atoms with Crippen molar-refractivity contribution in [2.75, 3.05) is 27.7 Å². The van der Waals surface area contributed by atoms with Gasteiger partial charge in [0, 0.05) is 36.6 Å². The summed E-state index contributed by atoms with van der Waals surface area (Å²) in [5, 5.41) is 3.51. The number of benzene rings is 1. The molecule has 0 aliphatic heterocycles. The molecule has 1 N–H and O–H groups in total. The third kappa shape index (κ3) is 5.73. The molecule has 25 heavy (non-hydrogen) atoms. The normalized spacial score (nSPS) is 11.6. The smallest absolute Gasteiger partial charge is 0.161 e. The Morgan fingerprint density at radius 1 is 1.12 bits per heavy atom. The van der Waals surface area contributed by atoms with Crippen molar-refractivity contribution in [1.82, 2.24) is 15.2 Å². The number of nitrogens with zero attached hydrogens (tertiary/aromatic N) is 2. The first-order valence-corrected chi connectivity index (χ1v) is 8.49. The van der Waals surface area contributed by atoms with Crippen molar-refractivity contribution < 1.29 is 9.47 Å². The zero-order valence-corrected chi connectivity index (χ0v) is 15.9. The van der Waals surface area contributed by atoms with E-state index in [1.54, 1.807) is 19.5 Å². The molecular weight excluding hydrogens is 314 g/mol. The number of nitrogens with one attached hydrogen (secondary N) is 1. The van der Waals surface area contributed by atoms with Crippen LogP contribution < -0.4 is 14.8 Å². The van der Waals surface area contributed by atoms with Crippen molar-refractivity contribution >= 4 is 0 Å². The highest BCUT2D eigenvalue weighted by Gasteiger charge is 2.19. The van der Waals surface area contributed by atoms with Crippen LogP contribution in [0.2, 0.25) is 0 Å². The molecule has 0 aliphatic rings. The summed E-state index contributed by atoms with van der Waals surface area (Å²) in [5.41, 5.74) is 2.30. The fourth-order valence-corrected chi connectivity index (χ4v) is 2.26. The quantitative estimate of drug-likeness (QED) is 0.758. The Kier molecular flexibility index (Phi) is 6.79. The monoisotopic (exact) mass is 343 g/mol. The predicted octanol–water partition coefficient (Wildman–Crippen LogP) is 3.10. The zero-order chi connectivity index (χ0) is 18.3. The van der Waals surface area contributed by atoms with Gasteiger partial charge in [0.25, 0.3) is 0 Å². The number of hydrogen-bond acceptors (Lipinski definition) is 5. The summed E-state index contributed by atoms with van der Waals surface area (Å²) < 4.78 is 11.4. The van der Waals surface area contributed by atoms with Crippen molar-refractivity contribution in [3.63, 3.8) is 0 Å². The summed E-state index contributed by atoms with van der Waals surface area (Å²) in [4.78, 5) is 6.33. The molecule has 0 spiro atoms. The molecule has 0 atom stereocenters. The van der Waals surface area contributed by atoms with Gasteiger partial charge in [-0.05, 0) is 51.7 Å². The van der Waals surface area contributed by atoms with Crippen LogP contribution in [0.4, 0.5) is 0 Å². The lowest BCUT2D eigenvalue weighted by molar-refractivity contribution is 0.189. The Bertz CT molecular complexity index is 657. The Morgan fingerprint density at radius 2 is 1.92 bits per heavy atom. The number of rotatable bonds is 9. The molecule has 0 saturated heterocycles. The number of aromatic nitrogens is 1. The van der Waals surface area contributed by atoms with E-state index in [-0.39, 0.29) is 5.54 Å². The third-order valence-electron chi connectivity index (χ3n) is 4.44. The molecule has 0 aliphatic carbocycles. The van der Waals surface area contributed by atoms with E-state index in [2.05, 4.69) is 49.2 Å². The van der Waals surface area contributed by atoms with Crippen LogP contribution in [-0.4, -0.2) is 43.2 Å². The third-order valence-corrected chi connectivity index (χ3v) is 4.44. The molecule has 1 heterocycles. The first kappa shape index (κ1) is 19.2. The zero-order valence-electron chi connectivity index (χ0n) is 15.9. The van der Waals surface area contributed by atoms with E-state index < -0.39 is 0 Å². The Balaban J connectivity index is 1.98. The molecule has 5 nitrogen and oxygen atoms in total. The molecular formula is C20H29N3O2. The van der Waals surface area contributed by atoms with Crippen LogP contribution in [-0.2, 0) is 13.2 Å². The second-order valence-corrected chi connectivity index (χ2v) is 6.95. The molecule has 0 amide bonds. The molecule has 0 saturated carbocycles. The van der Waals surface area contributed by atoms with Crippen LogP contribution in [0.1, 0.15) is 25.0 Å². The van der Waals surface area contributed by atoms with E-state index >= 15 is 0 Å². The van der Waals surface area contributed by atoms with Crippen molar-refractivity contribution in [3.8, 4) is 11.5 Å². The van der Waals surface area contributed by atoms with Gasteiger partial charge >= 0.3 is 0 Å². The first-order valence-electron chi connectivity index (χ1n) is 8.49. The van der Waals surface area contributed by atoms with Gasteiger partial charge in [0.2, 0.25) is 0 Å². The molecule has 0 bridgehead atoms. The minimum Gasteiger partial charge on any atom is -0.493 e. The second kappa shape index (κ2) is 8.83. The molecule has 0 fully saturated rings. The Hall–Kier alpha value is -2.11. The van der Waals surface area contributed by atoms with E-state index in [1.165, 1.54) is 0 Å². The van der Waals surface area contributed by atoms with Gasteiger partial charge in [0.1, 0.15) is 6.61 Å². The van der Waals surface area contributed by atoms with Gasteiger partial charge in [-0.15, -0.1) is 0 Å². The Morgan fingerprint density at radius 3 is 2.56 bits per heavy atom. The van der Waals surface area contributed by atoms with E-state index in [4.69, 9.17) is 9.47 Å². The maximum Gasteiger partial charge on any atom is 0.161 e. The van der Waals surface area contributed by atoms with Crippen LogP contribution in [0.15, 0.2) is 42.7 Å². The van der Waals surface area contributed by atoms with E-state index in [9.17, 15) is 0 Å². The molecule has 5 heteroatoms. The van der Waals surface area contributed by atoms with Gasteiger partial charge in [0.15, 0.2) is 11.5 Å². The van der Waals surface area contributed by atoms with E-state index in [1.807, 2.05) is 24.3 Å². The SMILES string of the molecule is COc1ccc(CNCC(C)(C)N(C)C)cc1OCc1cccnc1. The standard InChI is InChI=1S/C20H29N3O2/c1-20(2,23(3)4)15-22-12-16-8-9-18(24-5)19(11-16)25-14-17-7-6-10-21-13-17/h6-11,13,22H,12,14-15H2,1-5H3. The van der Waals surface area contributed by atoms with Crippen LogP contribution in [0.3, 0.4) is 0 Å². The highest BCUT2D eigenvalue weighted by Crippen LogP contribution is 2.28. The Labute approximate surface area is 151 Å². The second-order valence-electron chi connectivity index (χ2n) is 6.95. The molecule has 0 radical (unpaired) electrons. The first-order chi connectivity index (χ1) is 11.9. The van der Waals surface area contributed by atoms with Gasteiger partial charge < -0.3 is 19.7 Å². The summed E-state index contributed by atoms with van der Waals surface area (Å²) in [6.45, 7) is 6.59. The van der Waals surface area contributed by atoms with Crippen LogP contribution >= 0.6 is 0 Å². The van der Waals surface area contributed by atoms with Crippen LogP contribution in [0.25, 0.3) is 0 Å². The van der Waals surface area contributed by atoms with Gasteiger partial charge in [-0.25, -0.2) is 0 Å². The van der Waals surface area contributed by atoms with Gasteiger partial charge in [-0.1, -0.05) is 12.1 Å². The lowest BCUT2D eigenvalue weighted by atomic mass is 10.0. The molecule has 1 aromatic carbocycles. The topological polar surface area (TPSA) is 46.6 Å². The summed E-state index contributed by atoms with van der Waals surface area (Å²) >= 11 is 0. The summed E-state index contributed by atoms with van der Waals surface area (Å²) in [6, 6.07) is 9.94. The van der Waals surface area contributed by atoms with Crippen molar-refractivity contribution in [3.05, 3.63) is 53.9 Å². The average Bonchev–Trinajstić information content (AvgIpc) is 2.60. The van der Waals surface area contributed by atoms with Crippen molar-refractivity contribution in [2.24, 2.45) is 0 Å². The minimum atomic E-state index is 0.103. The molecule has 2 rings (SSSR count). The average molecular weight is 343 g/mol. The largest absolute Gasteiger partial charge is 0.493 e. The maximum atomic E-state index is 5.94. The number of methoxy groups -OCH3 is 1. The molecule has 2 aromatic rings. The summed E-state index contributed by atoms with van der Waals surface area (Å²) in [6.07, 6.45) is 3.56. The molecule has 1 aromatic heterocycles. The van der Waals surface area contributed by atoms with Crippen molar-refractivity contribution in [2.45, 2.75) is 32.5 Å². The summed E-state index contributed by atoms with van der Waals surface area (Å²) in [5.74, 6) is 1.48. The fraction of sp³-hybridized carbons (Fsp3) is 0.450. The highest BCUT2D eigenvalue weighted by molar-refractivity contribution is 5.43. The van der Waals surface area contributed by atoms with E-state index in [0.29, 0.717) is 6.61 Å². The van der Waals surface area contributed by atoms with Crippen molar-refractivity contribution in [1.29, 1.82) is 0 Å². The lowest BCUT2D eigenvalue weighted by Gasteiger charge is -2.32. The number of hydrogen-bond donors (Lipinski definition) is 1. The highest BCUT2D eigenvalue weighted by atomic mass is 16.5. The number of pyridine rings is 1. The van der Waals surface area contributed by atoms with Gasteiger partial charge in [-0.3, -0.25) is 4.98 Å². The molecule has 136 valence electrons. The predicted molar refractivity (Wildman–Crippen MR) is 101 cm³/mol. The van der Waals surface area contributed by atoms with Crippen LogP contribution in [0, 0.1) is 0 Å².